The number of piperidine rings is 2. The van der Waals surface area contributed by atoms with Crippen LogP contribution in [0.2, 0.25) is 10.0 Å². The second-order valence-corrected chi connectivity index (χ2v) is 17.2. The van der Waals surface area contributed by atoms with Crippen LogP contribution in [0.1, 0.15) is 82.5 Å². The van der Waals surface area contributed by atoms with Gasteiger partial charge in [0.2, 0.25) is 5.79 Å². The van der Waals surface area contributed by atoms with E-state index in [1.165, 1.54) is 18.2 Å². The maximum atomic E-state index is 13.3. The predicted octanol–water partition coefficient (Wildman–Crippen LogP) is 2.65. The predicted molar refractivity (Wildman–Crippen MR) is 166 cm³/mol. The minimum atomic E-state index is -2.10. The summed E-state index contributed by atoms with van der Waals surface area (Å²) in [6.45, 7) is 6.55. The number of aliphatic hydroxyl groups is 6. The Balaban J connectivity index is 1.18. The first kappa shape index (κ1) is 32.2. The van der Waals surface area contributed by atoms with E-state index in [1.54, 1.807) is 6.92 Å². The molecule has 1 aromatic rings. The summed E-state index contributed by atoms with van der Waals surface area (Å²) in [6.07, 6.45) is 0.107. The highest BCUT2D eigenvalue weighted by atomic mass is 35.5. The molecule has 4 saturated carbocycles. The van der Waals surface area contributed by atoms with Crippen LogP contribution in [0.3, 0.4) is 0 Å². The lowest BCUT2D eigenvalue weighted by atomic mass is 9.49. The van der Waals surface area contributed by atoms with Gasteiger partial charge in [-0.3, -0.25) is 4.90 Å². The molecule has 254 valence electrons. The summed E-state index contributed by atoms with van der Waals surface area (Å²) in [5.41, 5.74) is -9.53. The number of hydrogen-bond acceptors (Lipinski definition) is 10. The second-order valence-electron chi connectivity index (χ2n) is 16.4. The van der Waals surface area contributed by atoms with Crippen molar-refractivity contribution in [2.75, 3.05) is 13.1 Å². The smallest absolute Gasteiger partial charge is 0.338 e. The van der Waals surface area contributed by atoms with E-state index in [1.807, 2.05) is 6.92 Å². The standard InChI is InChI=1S/C34H45Cl2NO9/c1-17-4-7-24-29(3,40)33(43)23(15-37(24)14-17)31(42)16-32-22(30(31,41)13-25(33)38)6-5-21-28(32,2)9-8-26(34(21,44)46-32)45-27(39)18-10-19(35)12-20(36)11-18/h10-12,17,21-26,38,40-44H,4-9,13-16H2,1-3H3/t17-,21-,22-,23-,24-,25-,26-,28-,29+,30+,31+,32+,33-,34-/m0/s1. The summed E-state index contributed by atoms with van der Waals surface area (Å²) in [4.78, 5) is 15.4. The molecule has 0 amide bonds. The molecule has 3 heterocycles. The maximum Gasteiger partial charge on any atom is 0.338 e. The molecule has 0 unspecified atom stereocenters. The van der Waals surface area contributed by atoms with Gasteiger partial charge in [0.05, 0.1) is 17.3 Å². The third-order valence-corrected chi connectivity index (χ3v) is 14.8. The van der Waals surface area contributed by atoms with Gasteiger partial charge >= 0.3 is 5.97 Å². The molecule has 3 saturated heterocycles. The Morgan fingerprint density at radius 2 is 1.59 bits per heavy atom. The quantitative estimate of drug-likeness (QED) is 0.256. The van der Waals surface area contributed by atoms with Gasteiger partial charge in [-0.05, 0) is 69.6 Å². The average molecular weight is 683 g/mol. The van der Waals surface area contributed by atoms with Crippen molar-refractivity contribution < 1.29 is 44.9 Å². The Morgan fingerprint density at radius 1 is 0.913 bits per heavy atom. The molecule has 0 radical (unpaired) electrons. The van der Waals surface area contributed by atoms with Gasteiger partial charge in [0.25, 0.3) is 0 Å². The van der Waals surface area contributed by atoms with Crippen molar-refractivity contribution in [3.8, 4) is 0 Å². The number of carbonyl (C=O) groups is 1. The Hall–Kier alpha value is -1.05. The van der Waals surface area contributed by atoms with E-state index in [-0.39, 0.29) is 41.4 Å². The molecular weight excluding hydrogens is 637 g/mol. The summed E-state index contributed by atoms with van der Waals surface area (Å²) in [6, 6.07) is 3.99. The van der Waals surface area contributed by atoms with Gasteiger partial charge in [-0.1, -0.05) is 37.0 Å². The van der Waals surface area contributed by atoms with Gasteiger partial charge in [0.1, 0.15) is 22.4 Å². The van der Waals surface area contributed by atoms with E-state index in [4.69, 9.17) is 32.7 Å². The first-order chi connectivity index (χ1) is 21.4. The highest BCUT2D eigenvalue weighted by Crippen LogP contribution is 2.78. The number of nitrogens with zero attached hydrogens (tertiary/aromatic N) is 1. The Labute approximate surface area is 278 Å². The van der Waals surface area contributed by atoms with E-state index >= 15 is 0 Å². The molecule has 10 nitrogen and oxygen atoms in total. The number of hydrogen-bond donors (Lipinski definition) is 6. The van der Waals surface area contributed by atoms with Crippen LogP contribution in [0.15, 0.2) is 18.2 Å². The van der Waals surface area contributed by atoms with Gasteiger partial charge in [-0.25, -0.2) is 4.79 Å². The van der Waals surface area contributed by atoms with Gasteiger partial charge in [0.15, 0.2) is 6.10 Å². The molecule has 46 heavy (non-hydrogen) atoms. The van der Waals surface area contributed by atoms with Crippen LogP contribution in [-0.2, 0) is 9.47 Å². The summed E-state index contributed by atoms with van der Waals surface area (Å²) in [5, 5.41) is 75.0. The summed E-state index contributed by atoms with van der Waals surface area (Å²) >= 11 is 12.3. The minimum absolute atomic E-state index is 0.106. The van der Waals surface area contributed by atoms with E-state index < -0.39 is 81.2 Å². The molecule has 1 spiro atoms. The summed E-state index contributed by atoms with van der Waals surface area (Å²) in [5.74, 6) is -4.52. The number of esters is 1. The number of ether oxygens (including phenoxy) is 2. The molecule has 14 atom stereocenters. The van der Waals surface area contributed by atoms with E-state index in [2.05, 4.69) is 11.8 Å². The van der Waals surface area contributed by atoms with Crippen molar-refractivity contribution >= 4 is 29.2 Å². The third kappa shape index (κ3) is 3.60. The van der Waals surface area contributed by atoms with Crippen LogP contribution in [0.25, 0.3) is 0 Å². The van der Waals surface area contributed by atoms with E-state index in [0.717, 1.165) is 6.42 Å². The highest BCUT2D eigenvalue weighted by molar-refractivity contribution is 6.35. The molecule has 7 fully saturated rings. The normalized spacial score (nSPS) is 55.6. The first-order valence-corrected chi connectivity index (χ1v) is 17.5. The lowest BCUT2D eigenvalue weighted by molar-refractivity contribution is -0.354. The molecule has 4 bridgehead atoms. The Morgan fingerprint density at radius 3 is 2.28 bits per heavy atom. The molecule has 0 aromatic heterocycles. The van der Waals surface area contributed by atoms with Crippen molar-refractivity contribution in [2.45, 2.75) is 124 Å². The van der Waals surface area contributed by atoms with E-state index in [9.17, 15) is 35.4 Å². The molecule has 7 aliphatic rings. The molecule has 4 aliphatic carbocycles. The van der Waals surface area contributed by atoms with Crippen molar-refractivity contribution in [1.82, 2.24) is 4.90 Å². The molecular formula is C34H45Cl2NO9. The average Bonchev–Trinajstić information content (AvgIpc) is 3.13. The molecule has 6 N–H and O–H groups in total. The molecule has 3 aliphatic heterocycles. The monoisotopic (exact) mass is 681 g/mol. The summed E-state index contributed by atoms with van der Waals surface area (Å²) < 4.78 is 12.7. The number of halogens is 2. The number of aliphatic hydroxyl groups excluding tert-OH is 1. The Kier molecular flexibility index (Phi) is 6.71. The zero-order valence-electron chi connectivity index (χ0n) is 26.5. The summed E-state index contributed by atoms with van der Waals surface area (Å²) in [7, 11) is 0. The molecule has 1 aromatic carbocycles. The van der Waals surface area contributed by atoms with Gasteiger partial charge < -0.3 is 40.1 Å². The van der Waals surface area contributed by atoms with Gasteiger partial charge in [-0.15, -0.1) is 0 Å². The van der Waals surface area contributed by atoms with Crippen molar-refractivity contribution in [1.29, 1.82) is 0 Å². The zero-order chi connectivity index (χ0) is 33.0. The van der Waals surface area contributed by atoms with Crippen molar-refractivity contribution in [3.05, 3.63) is 33.8 Å². The lowest BCUT2D eigenvalue weighted by Crippen LogP contribution is -2.85. The van der Waals surface area contributed by atoms with Crippen molar-refractivity contribution in [2.24, 2.45) is 29.1 Å². The third-order valence-electron chi connectivity index (χ3n) is 14.4. The fourth-order valence-electron chi connectivity index (χ4n) is 12.3. The van der Waals surface area contributed by atoms with Crippen LogP contribution in [0.5, 0.6) is 0 Å². The topological polar surface area (TPSA) is 160 Å². The van der Waals surface area contributed by atoms with Crippen LogP contribution in [0.4, 0.5) is 0 Å². The first-order valence-electron chi connectivity index (χ1n) is 16.8. The number of carbonyl (C=O) groups excluding carboxylic acids is 1. The molecule has 8 rings (SSSR count). The van der Waals surface area contributed by atoms with Crippen LogP contribution in [0, 0.1) is 29.1 Å². The van der Waals surface area contributed by atoms with Crippen LogP contribution in [-0.4, -0.2) is 107 Å². The maximum absolute atomic E-state index is 13.3. The number of benzene rings is 1. The Bertz CT molecular complexity index is 1480. The minimum Gasteiger partial charge on any atom is -0.453 e. The largest absolute Gasteiger partial charge is 0.453 e. The molecule has 12 heteroatoms. The fraction of sp³-hybridized carbons (Fsp3) is 0.794. The van der Waals surface area contributed by atoms with Crippen molar-refractivity contribution in [3.63, 3.8) is 0 Å². The van der Waals surface area contributed by atoms with E-state index in [0.29, 0.717) is 38.1 Å². The lowest BCUT2D eigenvalue weighted by Gasteiger charge is -2.68. The second kappa shape index (κ2) is 9.59. The SMILES string of the molecule is C[C@H]1CC[C@@H]2N(C1)C[C@@H]1[C@](O)([C@@H](O)C[C@@]3(O)[C@@H]4CC[C@@H]5[C@]6(O)O[C@@]4(C[C@@]13O)[C@@]5(C)CC[C@@H]6OC(=O)c1cc(Cl)cc(Cl)c1)[C@]2(C)O. The number of fused-ring (bicyclic) bond motifs is 5. The van der Waals surface area contributed by atoms with Crippen LogP contribution < -0.4 is 0 Å². The highest BCUT2D eigenvalue weighted by Gasteiger charge is 2.88. The fourth-order valence-corrected chi connectivity index (χ4v) is 12.8. The number of rotatable bonds is 2. The zero-order valence-corrected chi connectivity index (χ0v) is 28.0. The van der Waals surface area contributed by atoms with Gasteiger partial charge in [0, 0.05) is 65.2 Å². The van der Waals surface area contributed by atoms with Crippen LogP contribution >= 0.6 is 23.2 Å². The van der Waals surface area contributed by atoms with Gasteiger partial charge in [-0.2, -0.15) is 0 Å².